The van der Waals surface area contributed by atoms with Crippen LogP contribution < -0.4 is 51.4 Å². The fraction of sp³-hybridized carbons (Fsp3) is 0.765. The third kappa shape index (κ3) is 22.8. The molecular weight excluding hydrogens is 592 g/mol. The molecule has 0 N–H and O–H groups in total. The smallest absolute Gasteiger partial charge is 0.748 e. The zero-order valence-electron chi connectivity index (χ0n) is 27.4. The molecule has 43 heavy (non-hydrogen) atoms. The molecule has 0 saturated heterocycles. The number of carbonyl (C=O) groups is 2. The van der Waals surface area contributed by atoms with E-state index in [0.29, 0.717) is 0 Å². The molecule has 0 aliphatic rings. The van der Waals surface area contributed by atoms with E-state index in [0.717, 1.165) is 26.2 Å². The second-order valence-corrected chi connectivity index (χ2v) is 13.4. The molecule has 1 atom stereocenters. The van der Waals surface area contributed by atoms with E-state index in [1.165, 1.54) is 128 Å². The van der Waals surface area contributed by atoms with E-state index < -0.39 is 33.9 Å². The summed E-state index contributed by atoms with van der Waals surface area (Å²) in [6.45, 7) is 3.13. The fourth-order valence-corrected chi connectivity index (χ4v) is 5.20. The molecule has 1 aromatic rings. The number of carbonyl (C=O) groups excluding carboxylic acids is 2. The summed E-state index contributed by atoms with van der Waals surface area (Å²) in [6, 6.07) is 6.05. The minimum atomic E-state index is -4.56. The Morgan fingerprint density at radius 1 is 0.628 bits per heavy atom. The fourth-order valence-electron chi connectivity index (χ4n) is 4.97. The van der Waals surface area contributed by atoms with E-state index in [1.54, 1.807) is 12.1 Å². The van der Waals surface area contributed by atoms with Crippen molar-refractivity contribution in [3.8, 4) is 0 Å². The van der Waals surface area contributed by atoms with Gasteiger partial charge in [-0.15, -0.1) is 0 Å². The third-order valence-electron chi connectivity index (χ3n) is 7.79. The molecule has 0 radical (unpaired) electrons. The van der Waals surface area contributed by atoms with Gasteiger partial charge in [0.2, 0.25) is 0 Å². The first-order valence-electron chi connectivity index (χ1n) is 16.6. The molecule has 0 heterocycles. The average molecular weight is 649 g/mol. The summed E-state index contributed by atoms with van der Waals surface area (Å²) >= 11 is 0. The molecule has 0 spiro atoms. The van der Waals surface area contributed by atoms with Crippen molar-refractivity contribution in [2.24, 2.45) is 0 Å². The molecule has 1 aromatic carbocycles. The number of hydrogen-bond acceptors (Lipinski definition) is 7. The van der Waals surface area contributed by atoms with Crippen molar-refractivity contribution in [3.05, 3.63) is 35.4 Å². The third-order valence-corrected chi connectivity index (χ3v) is 8.91. The zero-order valence-corrected chi connectivity index (χ0v) is 31.4. The van der Waals surface area contributed by atoms with Crippen LogP contribution >= 0.6 is 0 Å². The Balaban J connectivity index is 0.0000176. The van der Waals surface area contributed by atoms with Crippen LogP contribution in [0, 0.1) is 0 Å². The number of unbranched alkanes of at least 4 members (excludes halogenated alkanes) is 20. The first-order chi connectivity index (χ1) is 20.3. The Hall–Kier alpha value is -0.294. The van der Waals surface area contributed by atoms with Crippen LogP contribution in [0.15, 0.2) is 24.3 Å². The maximum absolute atomic E-state index is 12.5. The van der Waals surface area contributed by atoms with Gasteiger partial charge in [0.25, 0.3) is 0 Å². The Labute approximate surface area is 305 Å². The molecule has 0 saturated carbocycles. The standard InChI is InChI=1S/C34H58O7S.K/c1-3-4-5-6-7-8-9-10-11-12-13-14-15-16-17-18-19-20-21-22-25-28-40-33(35)31-26-23-24-27-32(31)34(36)41-29-30(2)42(37,38)39;/h23-24,26-27,30H,3-22,25,28-29H2,1-2H3,(H,37,38,39);/q;+1/p-1. The molecule has 1 unspecified atom stereocenters. The molecule has 242 valence electrons. The summed E-state index contributed by atoms with van der Waals surface area (Å²) in [6.07, 6.45) is 27.5. The van der Waals surface area contributed by atoms with E-state index in [4.69, 9.17) is 9.47 Å². The van der Waals surface area contributed by atoms with E-state index in [-0.39, 0.29) is 69.1 Å². The SMILES string of the molecule is CCCCCCCCCCCCCCCCCCCCCCCOC(=O)c1ccccc1C(=O)OCC(C)S(=O)(=O)[O-].[K+]. The first kappa shape index (κ1) is 42.7. The minimum Gasteiger partial charge on any atom is -0.748 e. The maximum atomic E-state index is 12.5. The van der Waals surface area contributed by atoms with Gasteiger partial charge >= 0.3 is 63.3 Å². The number of hydrogen-bond donors (Lipinski definition) is 0. The monoisotopic (exact) mass is 648 g/mol. The van der Waals surface area contributed by atoms with Crippen LogP contribution in [-0.4, -0.2) is 43.4 Å². The molecular formula is C34H57KO7S. The summed E-state index contributed by atoms with van der Waals surface area (Å²) in [5.74, 6) is -1.49. The number of ether oxygens (including phenoxy) is 2. The molecule has 0 aromatic heterocycles. The van der Waals surface area contributed by atoms with Crippen LogP contribution in [0.3, 0.4) is 0 Å². The summed E-state index contributed by atoms with van der Waals surface area (Å²) < 4.78 is 43.3. The van der Waals surface area contributed by atoms with Crippen molar-refractivity contribution in [2.75, 3.05) is 13.2 Å². The van der Waals surface area contributed by atoms with Crippen LogP contribution in [0.25, 0.3) is 0 Å². The molecule has 0 aliphatic carbocycles. The van der Waals surface area contributed by atoms with Crippen LogP contribution in [-0.2, 0) is 19.6 Å². The maximum Gasteiger partial charge on any atom is 1.00 e. The number of esters is 2. The van der Waals surface area contributed by atoms with E-state index in [2.05, 4.69) is 6.92 Å². The second-order valence-electron chi connectivity index (χ2n) is 11.7. The van der Waals surface area contributed by atoms with E-state index >= 15 is 0 Å². The van der Waals surface area contributed by atoms with Crippen molar-refractivity contribution in [2.45, 2.75) is 154 Å². The molecule has 0 fully saturated rings. The predicted molar refractivity (Wildman–Crippen MR) is 169 cm³/mol. The van der Waals surface area contributed by atoms with Crippen molar-refractivity contribution in [1.82, 2.24) is 0 Å². The molecule has 0 aliphatic heterocycles. The summed E-state index contributed by atoms with van der Waals surface area (Å²) in [7, 11) is -4.56. The Bertz CT molecular complexity index is 952. The Morgan fingerprint density at radius 3 is 1.30 bits per heavy atom. The molecule has 0 amide bonds. The average Bonchev–Trinajstić information content (AvgIpc) is 2.97. The predicted octanol–water partition coefficient (Wildman–Crippen LogP) is 6.15. The van der Waals surface area contributed by atoms with Gasteiger partial charge in [0.1, 0.15) is 16.7 Å². The van der Waals surface area contributed by atoms with Crippen LogP contribution in [0.4, 0.5) is 0 Å². The van der Waals surface area contributed by atoms with Gasteiger partial charge in [-0.1, -0.05) is 147 Å². The molecule has 0 bridgehead atoms. The Kier molecular flexibility index (Phi) is 27.8. The summed E-state index contributed by atoms with van der Waals surface area (Å²) in [5.41, 5.74) is 0.0421. The molecule has 1 rings (SSSR count). The summed E-state index contributed by atoms with van der Waals surface area (Å²) in [4.78, 5) is 24.8. The summed E-state index contributed by atoms with van der Waals surface area (Å²) in [5, 5.41) is -1.37. The van der Waals surface area contributed by atoms with Gasteiger partial charge in [0.15, 0.2) is 0 Å². The van der Waals surface area contributed by atoms with Gasteiger partial charge in [-0.25, -0.2) is 18.0 Å². The van der Waals surface area contributed by atoms with Crippen LogP contribution in [0.1, 0.15) is 169 Å². The molecule has 9 heteroatoms. The first-order valence-corrected chi connectivity index (χ1v) is 18.1. The topological polar surface area (TPSA) is 110 Å². The van der Waals surface area contributed by atoms with Gasteiger partial charge in [-0.3, -0.25) is 0 Å². The largest absolute Gasteiger partial charge is 1.00 e. The van der Waals surface area contributed by atoms with Crippen molar-refractivity contribution in [1.29, 1.82) is 0 Å². The van der Waals surface area contributed by atoms with E-state index in [9.17, 15) is 22.6 Å². The van der Waals surface area contributed by atoms with Gasteiger partial charge in [-0.05, 0) is 25.5 Å². The van der Waals surface area contributed by atoms with Gasteiger partial charge < -0.3 is 14.0 Å². The normalized spacial score (nSPS) is 12.0. The quantitative estimate of drug-likeness (QED) is 0.0487. The number of benzene rings is 1. The van der Waals surface area contributed by atoms with Gasteiger partial charge in [0, 0.05) is 0 Å². The van der Waals surface area contributed by atoms with Crippen molar-refractivity contribution < 1.29 is 83.4 Å². The van der Waals surface area contributed by atoms with Crippen LogP contribution in [0.2, 0.25) is 0 Å². The van der Waals surface area contributed by atoms with Crippen molar-refractivity contribution >= 4 is 22.1 Å². The van der Waals surface area contributed by atoms with Crippen LogP contribution in [0.5, 0.6) is 0 Å². The number of rotatable bonds is 27. The zero-order chi connectivity index (χ0) is 30.9. The molecule has 7 nitrogen and oxygen atoms in total. The van der Waals surface area contributed by atoms with Gasteiger partial charge in [0.05, 0.1) is 23.0 Å². The van der Waals surface area contributed by atoms with Crippen molar-refractivity contribution in [3.63, 3.8) is 0 Å². The van der Waals surface area contributed by atoms with Gasteiger partial charge in [-0.2, -0.15) is 0 Å². The minimum absolute atomic E-state index is 0. The second kappa shape index (κ2) is 28.0. The Morgan fingerprint density at radius 2 is 0.953 bits per heavy atom. The van der Waals surface area contributed by atoms with E-state index in [1.807, 2.05) is 0 Å².